The van der Waals surface area contributed by atoms with Crippen LogP contribution in [0, 0.1) is 0 Å². The molecule has 1 N–H and O–H groups in total. The molecule has 0 aromatic carbocycles. The average molecular weight is 213 g/mol. The van der Waals surface area contributed by atoms with Gasteiger partial charge in [0.25, 0.3) is 0 Å². The van der Waals surface area contributed by atoms with Crippen LogP contribution >= 0.6 is 28.3 Å². The standard InChI is InChI=1S/C6H10BrN.ClH/c1-3-4-8-5-6(2)7;/h3,8H,1-2,4-5H2;1H. The Morgan fingerprint density at radius 1 is 1.67 bits per heavy atom. The van der Waals surface area contributed by atoms with E-state index in [4.69, 9.17) is 0 Å². The zero-order valence-corrected chi connectivity index (χ0v) is 7.59. The van der Waals surface area contributed by atoms with E-state index in [1.165, 1.54) is 0 Å². The summed E-state index contributed by atoms with van der Waals surface area (Å²) in [5.41, 5.74) is 0. The summed E-state index contributed by atoms with van der Waals surface area (Å²) < 4.78 is 0.972. The lowest BCUT2D eigenvalue weighted by atomic mass is 10.5. The fourth-order valence-corrected chi connectivity index (χ4v) is 0.508. The van der Waals surface area contributed by atoms with E-state index in [9.17, 15) is 0 Å². The van der Waals surface area contributed by atoms with E-state index in [2.05, 4.69) is 34.4 Å². The number of hydrogen-bond acceptors (Lipinski definition) is 1. The molecule has 1 nitrogen and oxygen atoms in total. The Hall–Kier alpha value is 0.210. The van der Waals surface area contributed by atoms with Gasteiger partial charge >= 0.3 is 0 Å². The third kappa shape index (κ3) is 11.7. The van der Waals surface area contributed by atoms with E-state index >= 15 is 0 Å². The average Bonchev–Trinajstić information content (AvgIpc) is 1.66. The second kappa shape index (κ2) is 8.21. The smallest absolute Gasteiger partial charge is 0.0268 e. The molecule has 0 aliphatic carbocycles. The summed E-state index contributed by atoms with van der Waals surface area (Å²) >= 11 is 3.21. The molecule has 0 unspecified atom stereocenters. The fraction of sp³-hybridized carbons (Fsp3) is 0.333. The minimum absolute atomic E-state index is 0. The van der Waals surface area contributed by atoms with Gasteiger partial charge in [0.1, 0.15) is 0 Å². The molecule has 0 heterocycles. The Bertz CT molecular complexity index is 93.1. The van der Waals surface area contributed by atoms with Gasteiger partial charge < -0.3 is 5.32 Å². The van der Waals surface area contributed by atoms with Gasteiger partial charge in [0.2, 0.25) is 0 Å². The number of hydrogen-bond donors (Lipinski definition) is 1. The fourth-order valence-electron chi connectivity index (χ4n) is 0.310. The first kappa shape index (κ1) is 11.9. The van der Waals surface area contributed by atoms with Crippen LogP contribution in [0.2, 0.25) is 0 Å². The van der Waals surface area contributed by atoms with Crippen molar-refractivity contribution in [1.82, 2.24) is 5.32 Å². The van der Waals surface area contributed by atoms with Crippen molar-refractivity contribution in [2.75, 3.05) is 13.1 Å². The van der Waals surface area contributed by atoms with Gasteiger partial charge in [-0.2, -0.15) is 0 Å². The molecule has 0 bridgehead atoms. The van der Waals surface area contributed by atoms with Crippen molar-refractivity contribution >= 4 is 28.3 Å². The molecule has 0 saturated carbocycles. The van der Waals surface area contributed by atoms with Crippen LogP contribution in [-0.2, 0) is 0 Å². The Labute approximate surface area is 70.8 Å². The van der Waals surface area contributed by atoms with Crippen molar-refractivity contribution in [2.45, 2.75) is 0 Å². The van der Waals surface area contributed by atoms with Gasteiger partial charge in [0.15, 0.2) is 0 Å². The van der Waals surface area contributed by atoms with E-state index in [1.54, 1.807) is 0 Å². The Kier molecular flexibility index (Phi) is 10.9. The highest BCUT2D eigenvalue weighted by molar-refractivity contribution is 9.11. The largest absolute Gasteiger partial charge is 0.309 e. The lowest BCUT2D eigenvalue weighted by Gasteiger charge is -1.95. The van der Waals surface area contributed by atoms with Crippen LogP contribution in [0.1, 0.15) is 0 Å². The van der Waals surface area contributed by atoms with Crippen LogP contribution < -0.4 is 5.32 Å². The number of rotatable bonds is 4. The molecule has 9 heavy (non-hydrogen) atoms. The van der Waals surface area contributed by atoms with Crippen molar-refractivity contribution in [3.8, 4) is 0 Å². The SMILES string of the molecule is C=CCNCC(=C)Br.Cl. The first-order valence-corrected chi connectivity index (χ1v) is 3.21. The maximum Gasteiger partial charge on any atom is 0.0268 e. The molecule has 0 atom stereocenters. The van der Waals surface area contributed by atoms with Crippen LogP contribution in [0.4, 0.5) is 0 Å². The zero-order valence-electron chi connectivity index (χ0n) is 5.19. The quantitative estimate of drug-likeness (QED) is 0.556. The van der Waals surface area contributed by atoms with Crippen molar-refractivity contribution < 1.29 is 0 Å². The van der Waals surface area contributed by atoms with Crippen molar-refractivity contribution in [2.24, 2.45) is 0 Å². The molecule has 0 spiro atoms. The summed E-state index contributed by atoms with van der Waals surface area (Å²) in [6.45, 7) is 8.85. The molecule has 0 radical (unpaired) electrons. The molecule has 0 aromatic rings. The van der Waals surface area contributed by atoms with Crippen LogP contribution in [0.15, 0.2) is 23.7 Å². The summed E-state index contributed by atoms with van der Waals surface area (Å²) in [5, 5.41) is 3.07. The predicted octanol–water partition coefficient (Wildman–Crippen LogP) is 2.09. The number of halogens is 2. The van der Waals surface area contributed by atoms with Gasteiger partial charge in [-0.3, -0.25) is 0 Å². The first-order valence-electron chi connectivity index (χ1n) is 2.42. The third-order valence-electron chi connectivity index (χ3n) is 0.605. The highest BCUT2D eigenvalue weighted by atomic mass is 79.9. The van der Waals surface area contributed by atoms with Crippen LogP contribution in [0.5, 0.6) is 0 Å². The third-order valence-corrected chi connectivity index (χ3v) is 0.886. The molecule has 54 valence electrons. The Morgan fingerprint density at radius 3 is 2.56 bits per heavy atom. The number of nitrogens with one attached hydrogen (secondary N) is 1. The van der Waals surface area contributed by atoms with Crippen molar-refractivity contribution in [1.29, 1.82) is 0 Å². The van der Waals surface area contributed by atoms with E-state index in [-0.39, 0.29) is 12.4 Å². The minimum atomic E-state index is 0. The highest BCUT2D eigenvalue weighted by Crippen LogP contribution is 1.95. The van der Waals surface area contributed by atoms with Gasteiger partial charge in [-0.15, -0.1) is 19.0 Å². The molecule has 0 saturated heterocycles. The lowest BCUT2D eigenvalue weighted by Crippen LogP contribution is -2.14. The Balaban J connectivity index is 0. The molecule has 0 rings (SSSR count). The zero-order chi connectivity index (χ0) is 6.41. The summed E-state index contributed by atoms with van der Waals surface area (Å²) in [6, 6.07) is 0. The normalized spacial score (nSPS) is 7.67. The van der Waals surface area contributed by atoms with Gasteiger partial charge in [-0.1, -0.05) is 28.6 Å². The molecule has 0 fully saturated rings. The van der Waals surface area contributed by atoms with Gasteiger partial charge in [-0.05, 0) is 0 Å². The topological polar surface area (TPSA) is 12.0 Å². The molecule has 0 amide bonds. The van der Waals surface area contributed by atoms with Gasteiger partial charge in [0.05, 0.1) is 0 Å². The summed E-state index contributed by atoms with van der Waals surface area (Å²) in [7, 11) is 0. The van der Waals surface area contributed by atoms with E-state index < -0.39 is 0 Å². The molecule has 0 aliphatic rings. The maximum atomic E-state index is 3.65. The van der Waals surface area contributed by atoms with Crippen LogP contribution in [0.25, 0.3) is 0 Å². The van der Waals surface area contributed by atoms with Crippen LogP contribution in [0.3, 0.4) is 0 Å². The second-order valence-corrected chi connectivity index (χ2v) is 2.56. The van der Waals surface area contributed by atoms with E-state index in [1.807, 2.05) is 6.08 Å². The second-order valence-electron chi connectivity index (χ2n) is 1.44. The van der Waals surface area contributed by atoms with Crippen LogP contribution in [-0.4, -0.2) is 13.1 Å². The first-order chi connectivity index (χ1) is 3.77. The molecular formula is C6H11BrClN. The summed E-state index contributed by atoms with van der Waals surface area (Å²) in [6.07, 6.45) is 1.82. The van der Waals surface area contributed by atoms with E-state index in [0.717, 1.165) is 17.6 Å². The predicted molar refractivity (Wildman–Crippen MR) is 48.4 cm³/mol. The minimum Gasteiger partial charge on any atom is -0.309 e. The lowest BCUT2D eigenvalue weighted by molar-refractivity contribution is 0.841. The van der Waals surface area contributed by atoms with Crippen molar-refractivity contribution in [3.05, 3.63) is 23.7 Å². The van der Waals surface area contributed by atoms with Gasteiger partial charge in [-0.25, -0.2) is 0 Å². The maximum absolute atomic E-state index is 3.65. The van der Waals surface area contributed by atoms with E-state index in [0.29, 0.717) is 0 Å². The van der Waals surface area contributed by atoms with Crippen molar-refractivity contribution in [3.63, 3.8) is 0 Å². The summed E-state index contributed by atoms with van der Waals surface area (Å²) in [4.78, 5) is 0. The monoisotopic (exact) mass is 211 g/mol. The molecule has 0 aromatic heterocycles. The molecule has 0 aliphatic heterocycles. The Morgan fingerprint density at radius 2 is 2.22 bits per heavy atom. The molecule has 3 heteroatoms. The highest BCUT2D eigenvalue weighted by Gasteiger charge is 1.81. The molecular weight excluding hydrogens is 201 g/mol. The van der Waals surface area contributed by atoms with Gasteiger partial charge in [0, 0.05) is 17.6 Å². The summed E-state index contributed by atoms with van der Waals surface area (Å²) in [5.74, 6) is 0.